The lowest BCUT2D eigenvalue weighted by Gasteiger charge is -2.39. The first-order valence-corrected chi connectivity index (χ1v) is 7.25. The zero-order valence-electron chi connectivity index (χ0n) is 11.2. The van der Waals surface area contributed by atoms with E-state index in [2.05, 4.69) is 6.92 Å². The summed E-state index contributed by atoms with van der Waals surface area (Å²) < 4.78 is 0. The summed E-state index contributed by atoms with van der Waals surface area (Å²) in [6.07, 6.45) is 9.60. The van der Waals surface area contributed by atoms with E-state index in [4.69, 9.17) is 0 Å². The highest BCUT2D eigenvalue weighted by Crippen LogP contribution is 2.45. The smallest absolute Gasteiger partial charge is 0.309 e. The number of hydrogen-bond donors (Lipinski definition) is 1. The van der Waals surface area contributed by atoms with Gasteiger partial charge in [-0.05, 0) is 63.2 Å². The van der Waals surface area contributed by atoms with Crippen molar-refractivity contribution >= 4 is 5.97 Å². The van der Waals surface area contributed by atoms with Gasteiger partial charge in [-0.15, -0.1) is 0 Å². The Balaban J connectivity index is 1.85. The quantitative estimate of drug-likeness (QED) is 0.786. The molecule has 2 saturated carbocycles. The van der Waals surface area contributed by atoms with Gasteiger partial charge < -0.3 is 5.11 Å². The molecule has 0 amide bonds. The predicted octanol–water partition coefficient (Wildman–Crippen LogP) is 4.09. The molecule has 0 unspecified atom stereocenters. The summed E-state index contributed by atoms with van der Waals surface area (Å²) in [5, 5.41) is 9.23. The Labute approximate surface area is 105 Å². The van der Waals surface area contributed by atoms with Crippen molar-refractivity contribution in [2.45, 2.75) is 65.2 Å². The first kappa shape index (κ1) is 12.9. The molecule has 2 rings (SSSR count). The molecule has 17 heavy (non-hydrogen) atoms. The molecular formula is C15H26O2. The lowest BCUT2D eigenvalue weighted by atomic mass is 9.65. The predicted molar refractivity (Wildman–Crippen MR) is 68.8 cm³/mol. The largest absolute Gasteiger partial charge is 0.481 e. The summed E-state index contributed by atoms with van der Waals surface area (Å²) in [7, 11) is 0. The number of carbonyl (C=O) groups is 1. The molecule has 0 aromatic heterocycles. The molecule has 2 aliphatic carbocycles. The molecule has 0 aromatic carbocycles. The highest BCUT2D eigenvalue weighted by Gasteiger charge is 2.39. The molecule has 0 radical (unpaired) electrons. The Kier molecular flexibility index (Phi) is 3.79. The lowest BCUT2D eigenvalue weighted by Crippen LogP contribution is -2.35. The zero-order chi connectivity index (χ0) is 12.5. The SMILES string of the molecule is CC1CCC(C2CCC(C)(C(=O)O)CC2)CC1. The fourth-order valence-electron chi connectivity index (χ4n) is 3.72. The molecule has 0 saturated heterocycles. The van der Waals surface area contributed by atoms with Crippen LogP contribution in [-0.4, -0.2) is 11.1 Å². The monoisotopic (exact) mass is 238 g/mol. The Bertz CT molecular complexity index is 269. The first-order chi connectivity index (χ1) is 8.01. The lowest BCUT2D eigenvalue weighted by molar-refractivity contribution is -0.150. The molecule has 98 valence electrons. The second-order valence-electron chi connectivity index (χ2n) is 6.72. The third kappa shape index (κ3) is 2.83. The normalized spacial score (nSPS) is 43.3. The Morgan fingerprint density at radius 1 is 1.00 bits per heavy atom. The first-order valence-electron chi connectivity index (χ1n) is 7.25. The molecule has 0 heterocycles. The van der Waals surface area contributed by atoms with Gasteiger partial charge in [0.1, 0.15) is 0 Å². The summed E-state index contributed by atoms with van der Waals surface area (Å²) in [6, 6.07) is 0. The van der Waals surface area contributed by atoms with Gasteiger partial charge in [0.2, 0.25) is 0 Å². The van der Waals surface area contributed by atoms with Crippen LogP contribution in [0.1, 0.15) is 65.2 Å². The van der Waals surface area contributed by atoms with Crippen molar-refractivity contribution in [2.75, 3.05) is 0 Å². The van der Waals surface area contributed by atoms with Crippen LogP contribution in [0.15, 0.2) is 0 Å². The molecule has 0 aliphatic heterocycles. The van der Waals surface area contributed by atoms with Gasteiger partial charge in [-0.3, -0.25) is 4.79 Å². The Morgan fingerprint density at radius 2 is 1.47 bits per heavy atom. The van der Waals surface area contributed by atoms with E-state index in [9.17, 15) is 9.90 Å². The highest BCUT2D eigenvalue weighted by molar-refractivity contribution is 5.74. The minimum atomic E-state index is -0.590. The van der Waals surface area contributed by atoms with Crippen LogP contribution in [0.2, 0.25) is 0 Å². The van der Waals surface area contributed by atoms with E-state index in [1.54, 1.807) is 0 Å². The number of rotatable bonds is 2. The van der Waals surface area contributed by atoms with E-state index in [1.165, 1.54) is 25.7 Å². The molecule has 2 nitrogen and oxygen atoms in total. The van der Waals surface area contributed by atoms with E-state index in [-0.39, 0.29) is 0 Å². The number of aliphatic carboxylic acids is 1. The molecule has 2 fully saturated rings. The topological polar surface area (TPSA) is 37.3 Å². The van der Waals surface area contributed by atoms with Crippen LogP contribution in [0.4, 0.5) is 0 Å². The minimum absolute atomic E-state index is 0.432. The third-order valence-electron chi connectivity index (χ3n) is 5.38. The van der Waals surface area contributed by atoms with Crippen molar-refractivity contribution < 1.29 is 9.90 Å². The molecule has 0 bridgehead atoms. The second kappa shape index (κ2) is 4.99. The van der Waals surface area contributed by atoms with E-state index in [0.717, 1.165) is 43.4 Å². The van der Waals surface area contributed by atoms with Crippen LogP contribution in [0, 0.1) is 23.2 Å². The molecule has 0 atom stereocenters. The molecule has 1 N–H and O–H groups in total. The summed E-state index contributed by atoms with van der Waals surface area (Å²) in [4.78, 5) is 11.2. The van der Waals surface area contributed by atoms with Crippen LogP contribution in [0.3, 0.4) is 0 Å². The van der Waals surface area contributed by atoms with Crippen molar-refractivity contribution in [1.82, 2.24) is 0 Å². The van der Waals surface area contributed by atoms with Gasteiger partial charge in [-0.2, -0.15) is 0 Å². The van der Waals surface area contributed by atoms with E-state index < -0.39 is 11.4 Å². The fourth-order valence-corrected chi connectivity index (χ4v) is 3.72. The molecule has 0 spiro atoms. The maximum Gasteiger partial charge on any atom is 0.309 e. The van der Waals surface area contributed by atoms with Gasteiger partial charge in [0.25, 0.3) is 0 Å². The Morgan fingerprint density at radius 3 is 1.94 bits per heavy atom. The summed E-state index contributed by atoms with van der Waals surface area (Å²) >= 11 is 0. The van der Waals surface area contributed by atoms with Crippen LogP contribution in [0.25, 0.3) is 0 Å². The van der Waals surface area contributed by atoms with Gasteiger partial charge in [0.15, 0.2) is 0 Å². The van der Waals surface area contributed by atoms with Crippen molar-refractivity contribution in [3.63, 3.8) is 0 Å². The van der Waals surface area contributed by atoms with Crippen LogP contribution < -0.4 is 0 Å². The average molecular weight is 238 g/mol. The Hall–Kier alpha value is -0.530. The summed E-state index contributed by atoms with van der Waals surface area (Å²) in [6.45, 7) is 4.28. The van der Waals surface area contributed by atoms with Gasteiger partial charge in [0.05, 0.1) is 5.41 Å². The summed E-state index contributed by atoms with van der Waals surface area (Å²) in [5.74, 6) is 2.03. The molecule has 2 aliphatic rings. The van der Waals surface area contributed by atoms with E-state index >= 15 is 0 Å². The number of carboxylic acids is 1. The molecular weight excluding hydrogens is 212 g/mol. The van der Waals surface area contributed by atoms with Crippen LogP contribution >= 0.6 is 0 Å². The van der Waals surface area contributed by atoms with Crippen LogP contribution in [-0.2, 0) is 4.79 Å². The van der Waals surface area contributed by atoms with E-state index in [1.807, 2.05) is 6.92 Å². The number of hydrogen-bond acceptors (Lipinski definition) is 1. The maximum absolute atomic E-state index is 11.2. The minimum Gasteiger partial charge on any atom is -0.481 e. The van der Waals surface area contributed by atoms with Gasteiger partial charge in [-0.1, -0.05) is 19.8 Å². The van der Waals surface area contributed by atoms with Gasteiger partial charge in [-0.25, -0.2) is 0 Å². The standard InChI is InChI=1S/C15H26O2/c1-11-3-5-12(6-4-11)13-7-9-15(2,10-8-13)14(16)17/h11-13H,3-10H2,1-2H3,(H,16,17). The van der Waals surface area contributed by atoms with Crippen molar-refractivity contribution in [1.29, 1.82) is 0 Å². The number of carboxylic acid groups (broad SMARTS) is 1. The maximum atomic E-state index is 11.2. The van der Waals surface area contributed by atoms with Crippen molar-refractivity contribution in [2.24, 2.45) is 23.2 Å². The van der Waals surface area contributed by atoms with Crippen LogP contribution in [0.5, 0.6) is 0 Å². The highest BCUT2D eigenvalue weighted by atomic mass is 16.4. The van der Waals surface area contributed by atoms with Gasteiger partial charge in [0, 0.05) is 0 Å². The van der Waals surface area contributed by atoms with Crippen molar-refractivity contribution in [3.05, 3.63) is 0 Å². The van der Waals surface area contributed by atoms with E-state index in [0.29, 0.717) is 0 Å². The second-order valence-corrected chi connectivity index (χ2v) is 6.72. The fraction of sp³-hybridized carbons (Fsp3) is 0.933. The third-order valence-corrected chi connectivity index (χ3v) is 5.38. The summed E-state index contributed by atoms with van der Waals surface area (Å²) in [5.41, 5.74) is -0.432. The average Bonchev–Trinajstić information content (AvgIpc) is 2.31. The zero-order valence-corrected chi connectivity index (χ0v) is 11.2. The van der Waals surface area contributed by atoms with Gasteiger partial charge >= 0.3 is 5.97 Å². The van der Waals surface area contributed by atoms with Crippen molar-refractivity contribution in [3.8, 4) is 0 Å². The molecule has 2 heteroatoms. The molecule has 0 aromatic rings.